The molecule has 1 aromatic rings. The first-order valence-corrected chi connectivity index (χ1v) is 7.76. The molecule has 0 aliphatic carbocycles. The van der Waals surface area contributed by atoms with E-state index in [1.54, 1.807) is 18.2 Å². The number of hydrogen-bond donors (Lipinski definition) is 1. The Balaban J connectivity index is 1.96. The van der Waals surface area contributed by atoms with Gasteiger partial charge in [-0.15, -0.1) is 0 Å². The second kappa shape index (κ2) is 7.80. The van der Waals surface area contributed by atoms with Crippen LogP contribution < -0.4 is 5.32 Å². The Labute approximate surface area is 126 Å². The maximum Gasteiger partial charge on any atom is 0.241 e. The largest absolute Gasteiger partial charge is 0.325 e. The van der Waals surface area contributed by atoms with Gasteiger partial charge in [0.2, 0.25) is 5.91 Å². The third-order valence-electron chi connectivity index (χ3n) is 4.08. The number of carbonyl (C=O) groups excluding carboxylic acids is 1. The van der Waals surface area contributed by atoms with Crippen LogP contribution in [0.4, 0.5) is 5.69 Å². The molecule has 2 rings (SSSR count). The Morgan fingerprint density at radius 1 is 1.24 bits per heavy atom. The molecule has 0 spiro atoms. The molecule has 0 bridgehead atoms. The van der Waals surface area contributed by atoms with Gasteiger partial charge in [0.05, 0.1) is 17.7 Å². The number of anilines is 1. The van der Waals surface area contributed by atoms with E-state index < -0.39 is 0 Å². The molecule has 1 fully saturated rings. The molecule has 1 aliphatic rings. The summed E-state index contributed by atoms with van der Waals surface area (Å²) in [5.41, 5.74) is 1.25. The predicted molar refractivity (Wildman–Crippen MR) is 83.9 cm³/mol. The third-order valence-corrected chi connectivity index (χ3v) is 4.08. The van der Waals surface area contributed by atoms with Crippen molar-refractivity contribution in [3.63, 3.8) is 0 Å². The highest BCUT2D eigenvalue weighted by molar-refractivity contribution is 5.94. The van der Waals surface area contributed by atoms with E-state index in [0.29, 0.717) is 11.3 Å². The molecule has 1 atom stereocenters. The molecule has 1 heterocycles. The number of nitrogens with zero attached hydrogens (tertiary/aromatic N) is 2. The molecule has 0 aromatic heterocycles. The van der Waals surface area contributed by atoms with Crippen molar-refractivity contribution in [2.24, 2.45) is 0 Å². The number of rotatable bonds is 3. The highest BCUT2D eigenvalue weighted by atomic mass is 16.2. The molecule has 1 aromatic carbocycles. The molecule has 1 saturated heterocycles. The molecule has 1 amide bonds. The lowest BCUT2D eigenvalue weighted by molar-refractivity contribution is -0.120. The summed E-state index contributed by atoms with van der Waals surface area (Å²) in [7, 11) is 0. The molecule has 4 heteroatoms. The van der Waals surface area contributed by atoms with Crippen LogP contribution in [0.2, 0.25) is 0 Å². The summed E-state index contributed by atoms with van der Waals surface area (Å²) in [6.07, 6.45) is 6.17. The van der Waals surface area contributed by atoms with Crippen LogP contribution in [0.15, 0.2) is 24.3 Å². The van der Waals surface area contributed by atoms with E-state index in [0.717, 1.165) is 13.1 Å². The van der Waals surface area contributed by atoms with Crippen LogP contribution in [0.1, 0.15) is 44.6 Å². The summed E-state index contributed by atoms with van der Waals surface area (Å²) in [5.74, 6) is 0.00524. The number of amides is 1. The lowest BCUT2D eigenvalue weighted by Gasteiger charge is -2.29. The van der Waals surface area contributed by atoms with Crippen molar-refractivity contribution in [2.45, 2.75) is 45.1 Å². The molecular weight excluding hydrogens is 262 g/mol. The van der Waals surface area contributed by atoms with Gasteiger partial charge in [0.15, 0.2) is 0 Å². The summed E-state index contributed by atoms with van der Waals surface area (Å²) in [5, 5.41) is 11.8. The second-order valence-electron chi connectivity index (χ2n) is 5.66. The molecule has 112 valence electrons. The maximum atomic E-state index is 12.4. The first-order valence-electron chi connectivity index (χ1n) is 7.76. The van der Waals surface area contributed by atoms with Crippen molar-refractivity contribution in [1.82, 2.24) is 4.90 Å². The topological polar surface area (TPSA) is 56.1 Å². The monoisotopic (exact) mass is 285 g/mol. The van der Waals surface area contributed by atoms with Crippen LogP contribution in [0.3, 0.4) is 0 Å². The fourth-order valence-corrected chi connectivity index (χ4v) is 2.74. The Hall–Kier alpha value is -1.86. The van der Waals surface area contributed by atoms with Gasteiger partial charge in [0, 0.05) is 5.69 Å². The number of benzene rings is 1. The van der Waals surface area contributed by atoms with Gasteiger partial charge >= 0.3 is 0 Å². The lowest BCUT2D eigenvalue weighted by Crippen LogP contribution is -2.43. The van der Waals surface area contributed by atoms with E-state index in [1.807, 2.05) is 13.0 Å². The maximum absolute atomic E-state index is 12.4. The SMILES string of the molecule is C[C@H](C(=O)Nc1cccc(C#N)c1)N1CCCCCCC1. The number of carbonyl (C=O) groups is 1. The van der Waals surface area contributed by atoms with Crippen molar-refractivity contribution in [3.05, 3.63) is 29.8 Å². The first kappa shape index (κ1) is 15.5. The van der Waals surface area contributed by atoms with Crippen molar-refractivity contribution >= 4 is 11.6 Å². The van der Waals surface area contributed by atoms with Gasteiger partial charge in [-0.05, 0) is 51.1 Å². The van der Waals surface area contributed by atoms with Crippen LogP contribution in [0.5, 0.6) is 0 Å². The average molecular weight is 285 g/mol. The Bertz CT molecular complexity index is 513. The van der Waals surface area contributed by atoms with Crippen LogP contribution in [0, 0.1) is 11.3 Å². The Morgan fingerprint density at radius 2 is 1.90 bits per heavy atom. The molecule has 21 heavy (non-hydrogen) atoms. The lowest BCUT2D eigenvalue weighted by atomic mass is 10.1. The minimum atomic E-state index is -0.131. The molecule has 0 radical (unpaired) electrons. The van der Waals surface area contributed by atoms with E-state index in [-0.39, 0.29) is 11.9 Å². The second-order valence-corrected chi connectivity index (χ2v) is 5.66. The number of nitriles is 1. The number of likely N-dealkylation sites (tertiary alicyclic amines) is 1. The standard InChI is InChI=1S/C17H23N3O/c1-14(20-10-5-3-2-4-6-11-20)17(21)19-16-9-7-8-15(12-16)13-18/h7-9,12,14H,2-6,10-11H2,1H3,(H,19,21)/t14-/m1/s1. The van der Waals surface area contributed by atoms with Crippen LogP contribution in [0.25, 0.3) is 0 Å². The fraction of sp³-hybridized carbons (Fsp3) is 0.529. The average Bonchev–Trinajstić information content (AvgIpc) is 2.46. The van der Waals surface area contributed by atoms with Gasteiger partial charge < -0.3 is 5.32 Å². The van der Waals surface area contributed by atoms with Crippen molar-refractivity contribution < 1.29 is 4.79 Å². The molecule has 0 saturated carbocycles. The van der Waals surface area contributed by atoms with Crippen molar-refractivity contribution in [3.8, 4) is 6.07 Å². The zero-order valence-corrected chi connectivity index (χ0v) is 12.6. The van der Waals surface area contributed by atoms with Gasteiger partial charge in [-0.2, -0.15) is 5.26 Å². The number of hydrogen-bond acceptors (Lipinski definition) is 3. The smallest absolute Gasteiger partial charge is 0.241 e. The van der Waals surface area contributed by atoms with Crippen LogP contribution >= 0.6 is 0 Å². The minimum absolute atomic E-state index is 0.00524. The van der Waals surface area contributed by atoms with Crippen molar-refractivity contribution in [2.75, 3.05) is 18.4 Å². The van der Waals surface area contributed by atoms with Gasteiger partial charge in [-0.3, -0.25) is 9.69 Å². The predicted octanol–water partition coefficient (Wildman–Crippen LogP) is 3.15. The summed E-state index contributed by atoms with van der Waals surface area (Å²) in [4.78, 5) is 14.6. The Morgan fingerprint density at radius 3 is 2.57 bits per heavy atom. The Kier molecular flexibility index (Phi) is 5.77. The van der Waals surface area contributed by atoms with Crippen LogP contribution in [-0.2, 0) is 4.79 Å². The normalized spacial score (nSPS) is 18.1. The van der Waals surface area contributed by atoms with Gasteiger partial charge in [0.1, 0.15) is 0 Å². The minimum Gasteiger partial charge on any atom is -0.325 e. The molecule has 1 aliphatic heterocycles. The van der Waals surface area contributed by atoms with Crippen molar-refractivity contribution in [1.29, 1.82) is 5.26 Å². The zero-order valence-electron chi connectivity index (χ0n) is 12.6. The highest BCUT2D eigenvalue weighted by Gasteiger charge is 2.21. The summed E-state index contributed by atoms with van der Waals surface area (Å²) in [6.45, 7) is 3.95. The fourth-order valence-electron chi connectivity index (χ4n) is 2.74. The van der Waals surface area contributed by atoms with E-state index in [4.69, 9.17) is 5.26 Å². The van der Waals surface area contributed by atoms with Gasteiger partial charge in [-0.1, -0.05) is 25.3 Å². The molecule has 1 N–H and O–H groups in total. The summed E-state index contributed by atoms with van der Waals surface area (Å²) >= 11 is 0. The molecular formula is C17H23N3O. The van der Waals surface area contributed by atoms with Crippen LogP contribution in [-0.4, -0.2) is 29.9 Å². The van der Waals surface area contributed by atoms with E-state index in [9.17, 15) is 4.79 Å². The van der Waals surface area contributed by atoms with E-state index >= 15 is 0 Å². The quantitative estimate of drug-likeness (QED) is 0.928. The number of nitrogens with one attached hydrogen (secondary N) is 1. The summed E-state index contributed by atoms with van der Waals surface area (Å²) in [6, 6.07) is 9.00. The first-order chi connectivity index (χ1) is 10.2. The van der Waals surface area contributed by atoms with E-state index in [2.05, 4.69) is 16.3 Å². The van der Waals surface area contributed by atoms with Gasteiger partial charge in [0.25, 0.3) is 0 Å². The molecule has 0 unspecified atom stereocenters. The summed E-state index contributed by atoms with van der Waals surface area (Å²) < 4.78 is 0. The highest BCUT2D eigenvalue weighted by Crippen LogP contribution is 2.15. The van der Waals surface area contributed by atoms with E-state index in [1.165, 1.54) is 32.1 Å². The molecule has 4 nitrogen and oxygen atoms in total. The van der Waals surface area contributed by atoms with Gasteiger partial charge in [-0.25, -0.2) is 0 Å². The third kappa shape index (κ3) is 4.57. The zero-order chi connectivity index (χ0) is 15.1.